The van der Waals surface area contributed by atoms with Crippen LogP contribution in [-0.2, 0) is 0 Å². The van der Waals surface area contributed by atoms with Crippen LogP contribution in [0.15, 0.2) is 11.2 Å². The normalized spacial score (nSPS) is 22.1. The van der Waals surface area contributed by atoms with Gasteiger partial charge in [0, 0.05) is 0 Å². The Morgan fingerprint density at radius 1 is 1.78 bits per heavy atom. The van der Waals surface area contributed by atoms with Gasteiger partial charge in [-0.3, -0.25) is 5.21 Å². The van der Waals surface area contributed by atoms with Crippen LogP contribution < -0.4 is 5.53 Å². The predicted molar refractivity (Wildman–Crippen MR) is 33.3 cm³/mol. The highest BCUT2D eigenvalue weighted by Gasteiger charge is 2.11. The topological polar surface area (TPSA) is 38.7 Å². The summed E-state index contributed by atoms with van der Waals surface area (Å²) >= 11 is 10.9. The largest absolute Gasteiger partial charge is 0.272 e. The maximum absolute atomic E-state index is 8.69. The quantitative estimate of drug-likeness (QED) is 0.523. The third-order valence-electron chi connectivity index (χ3n) is 0.763. The van der Waals surface area contributed by atoms with Gasteiger partial charge < -0.3 is 0 Å². The van der Waals surface area contributed by atoms with Gasteiger partial charge in [-0.2, -0.15) is 5.17 Å². The molecular formula is C3H5Cl2N3O. The van der Waals surface area contributed by atoms with Gasteiger partial charge in [-0.1, -0.05) is 11.6 Å². The molecular weight excluding hydrogens is 165 g/mol. The third kappa shape index (κ3) is 2.00. The average molecular weight is 170 g/mol. The molecule has 6 heteroatoms. The molecule has 0 fully saturated rings. The van der Waals surface area contributed by atoms with Crippen LogP contribution in [0.1, 0.15) is 0 Å². The first-order valence-corrected chi connectivity index (χ1v) is 2.94. The molecule has 0 aliphatic carbocycles. The van der Waals surface area contributed by atoms with Crippen molar-refractivity contribution >= 4 is 23.4 Å². The summed E-state index contributed by atoms with van der Waals surface area (Å²) < 4.78 is 1.13. The lowest BCUT2D eigenvalue weighted by Crippen LogP contribution is -2.44. The standard InChI is InChI=1S/C3H5Cl2N3O/c4-3-1-7(5)6-8(9)2-3/h2,6,9H,1H2. The molecule has 2 N–H and O–H groups in total. The highest BCUT2D eigenvalue weighted by Crippen LogP contribution is 2.09. The summed E-state index contributed by atoms with van der Waals surface area (Å²) in [7, 11) is 0. The van der Waals surface area contributed by atoms with E-state index in [4.69, 9.17) is 28.6 Å². The first kappa shape index (κ1) is 7.11. The van der Waals surface area contributed by atoms with Gasteiger partial charge in [0.2, 0.25) is 0 Å². The number of halogens is 2. The van der Waals surface area contributed by atoms with E-state index in [9.17, 15) is 0 Å². The van der Waals surface area contributed by atoms with E-state index in [0.717, 1.165) is 4.53 Å². The number of nitrogens with one attached hydrogen (secondary N) is 1. The van der Waals surface area contributed by atoms with E-state index in [0.29, 0.717) is 16.7 Å². The first-order chi connectivity index (χ1) is 4.18. The molecule has 1 aliphatic rings. The fourth-order valence-electron chi connectivity index (χ4n) is 0.482. The highest BCUT2D eigenvalue weighted by molar-refractivity contribution is 6.30. The van der Waals surface area contributed by atoms with Crippen LogP contribution in [-0.4, -0.2) is 21.5 Å². The van der Waals surface area contributed by atoms with Gasteiger partial charge in [-0.05, 0) is 11.8 Å². The van der Waals surface area contributed by atoms with Crippen molar-refractivity contribution in [2.45, 2.75) is 0 Å². The lowest BCUT2D eigenvalue weighted by Gasteiger charge is -2.24. The summed E-state index contributed by atoms with van der Waals surface area (Å²) in [5, 5.41) is 9.83. The van der Waals surface area contributed by atoms with Crippen LogP contribution in [0, 0.1) is 0 Å². The van der Waals surface area contributed by atoms with Gasteiger partial charge in [-0.25, -0.2) is 0 Å². The molecule has 1 aliphatic heterocycles. The second-order valence-corrected chi connectivity index (χ2v) is 2.43. The van der Waals surface area contributed by atoms with Crippen LogP contribution in [0.5, 0.6) is 0 Å². The Hall–Kier alpha value is -0.0000000000000000208. The van der Waals surface area contributed by atoms with Gasteiger partial charge in [0.05, 0.1) is 17.8 Å². The molecule has 0 radical (unpaired) electrons. The van der Waals surface area contributed by atoms with E-state index in [1.54, 1.807) is 0 Å². The molecule has 0 saturated heterocycles. The second kappa shape index (κ2) is 2.72. The summed E-state index contributed by atoms with van der Waals surface area (Å²) in [5.74, 6) is 0. The third-order valence-corrected chi connectivity index (χ3v) is 1.18. The van der Waals surface area contributed by atoms with Crippen molar-refractivity contribution in [1.82, 2.24) is 15.2 Å². The summed E-state index contributed by atoms with van der Waals surface area (Å²) in [6.45, 7) is 0.375. The minimum Gasteiger partial charge on any atom is -0.272 e. The molecule has 0 spiro atoms. The number of hydrazine groups is 2. The van der Waals surface area contributed by atoms with E-state index < -0.39 is 0 Å². The molecule has 1 rings (SSSR count). The van der Waals surface area contributed by atoms with Crippen molar-refractivity contribution in [2.24, 2.45) is 0 Å². The number of nitrogens with zero attached hydrogens (tertiary/aromatic N) is 2. The zero-order valence-electron chi connectivity index (χ0n) is 4.38. The van der Waals surface area contributed by atoms with Crippen molar-refractivity contribution in [3.8, 4) is 0 Å². The Morgan fingerprint density at radius 3 is 2.89 bits per heavy atom. The fourth-order valence-corrected chi connectivity index (χ4v) is 0.961. The van der Waals surface area contributed by atoms with Crippen LogP contribution in [0.4, 0.5) is 0 Å². The molecule has 52 valence electrons. The molecule has 9 heavy (non-hydrogen) atoms. The molecule has 0 aromatic heterocycles. The number of hydroxylamine groups is 1. The van der Waals surface area contributed by atoms with Gasteiger partial charge in [0.15, 0.2) is 0 Å². The van der Waals surface area contributed by atoms with Crippen molar-refractivity contribution in [3.63, 3.8) is 0 Å². The maximum Gasteiger partial charge on any atom is 0.0689 e. The Labute approximate surface area is 62.2 Å². The lowest BCUT2D eigenvalue weighted by atomic mass is 10.6. The number of rotatable bonds is 0. The zero-order chi connectivity index (χ0) is 6.85. The SMILES string of the molecule is ON1C=C(Cl)CN(Cl)N1. The summed E-state index contributed by atoms with van der Waals surface area (Å²) in [5.41, 5.74) is 2.34. The molecule has 0 aromatic carbocycles. The molecule has 0 aromatic rings. The average Bonchev–Trinajstić information content (AvgIpc) is 1.59. The minimum absolute atomic E-state index is 0.375. The molecule has 1 heterocycles. The van der Waals surface area contributed by atoms with Crippen molar-refractivity contribution in [3.05, 3.63) is 11.2 Å². The van der Waals surface area contributed by atoms with Gasteiger partial charge in [0.25, 0.3) is 0 Å². The van der Waals surface area contributed by atoms with E-state index in [2.05, 4.69) is 5.53 Å². The van der Waals surface area contributed by atoms with Crippen LogP contribution in [0.3, 0.4) is 0 Å². The summed E-state index contributed by atoms with van der Waals surface area (Å²) in [6, 6.07) is 0. The number of hydrogen-bond acceptors (Lipinski definition) is 4. The van der Waals surface area contributed by atoms with E-state index in [1.807, 2.05) is 0 Å². The Balaban J connectivity index is 2.56. The zero-order valence-corrected chi connectivity index (χ0v) is 5.89. The lowest BCUT2D eigenvalue weighted by molar-refractivity contribution is -0.134. The predicted octanol–water partition coefficient (Wildman–Crippen LogP) is 0.647. The summed E-state index contributed by atoms with van der Waals surface area (Å²) in [6.07, 6.45) is 1.32. The van der Waals surface area contributed by atoms with Crippen molar-refractivity contribution < 1.29 is 5.21 Å². The highest BCUT2D eigenvalue weighted by atomic mass is 35.5. The molecule has 0 saturated carbocycles. The van der Waals surface area contributed by atoms with Crippen LogP contribution in [0.2, 0.25) is 0 Å². The molecule has 0 bridgehead atoms. The Bertz CT molecular complexity index is 139. The van der Waals surface area contributed by atoms with Gasteiger partial charge in [0.1, 0.15) is 0 Å². The monoisotopic (exact) mass is 169 g/mol. The molecule has 0 atom stereocenters. The van der Waals surface area contributed by atoms with Gasteiger partial charge in [-0.15, -0.1) is 10.1 Å². The van der Waals surface area contributed by atoms with Crippen molar-refractivity contribution in [1.29, 1.82) is 0 Å². The number of hydrogen-bond donors (Lipinski definition) is 2. The van der Waals surface area contributed by atoms with Crippen LogP contribution in [0.25, 0.3) is 0 Å². The van der Waals surface area contributed by atoms with Crippen molar-refractivity contribution in [2.75, 3.05) is 6.54 Å². The second-order valence-electron chi connectivity index (χ2n) is 1.54. The van der Waals surface area contributed by atoms with E-state index in [-0.39, 0.29) is 0 Å². The molecule has 0 unspecified atom stereocenters. The van der Waals surface area contributed by atoms with Gasteiger partial charge >= 0.3 is 0 Å². The fraction of sp³-hybridized carbons (Fsp3) is 0.333. The Morgan fingerprint density at radius 2 is 2.44 bits per heavy atom. The van der Waals surface area contributed by atoms with Crippen LogP contribution >= 0.6 is 23.4 Å². The van der Waals surface area contributed by atoms with E-state index >= 15 is 0 Å². The minimum atomic E-state index is 0.375. The maximum atomic E-state index is 8.69. The van der Waals surface area contributed by atoms with E-state index in [1.165, 1.54) is 6.20 Å². The first-order valence-electron chi connectivity index (χ1n) is 2.22. The summed E-state index contributed by atoms with van der Waals surface area (Å²) in [4.78, 5) is 0. The smallest absolute Gasteiger partial charge is 0.0689 e. The molecule has 4 nitrogen and oxygen atoms in total. The Kier molecular flexibility index (Phi) is 2.15. The molecule has 0 amide bonds.